The standard InChI is InChI=1S/C19H15NO2S.2C19H15N.C19H17N.C16H17N.C13H11N.C13H13N/c1-14-10-12-15(13-11-14)20-16-6-2-4-8-18(16)23(21,22)19-9-5-3-7-17(19)20;1-14-10-12-15(13-11-14)20-18-8-4-2-6-16(18)17-7-3-5-9-19(17)20;1-14-11-12-19-17(13-14)16-9-5-6-10-18(16)20(19)15-7-3-2-4-8-15;1-16-12-14-19(15-13-16)20(17-8-4-2-5-9-17)18-10-6-3-7-11-18;1-16(2)12-8-4-6-10-14(12)17(3)15-11-7-5-9-13(15)16;1-14-12-8-4-2-6-10(12)11-7-3-5-9-13(11)14;1-14(12-8-4-2-5-9-12)13-10-6-3-7-11-13/h2-13H,1H3;2*2-13H,1H3;2-15H,1H3;4-11H,1-3H3;2-9H,1H3;2-11H,1H3. The summed E-state index contributed by atoms with van der Waals surface area (Å²) in [5.74, 6) is 0. The maximum atomic E-state index is 12.9. The summed E-state index contributed by atoms with van der Waals surface area (Å²) in [5, 5.41) is 7.93. The zero-order valence-electron chi connectivity index (χ0n) is 73.7. The maximum Gasteiger partial charge on any atom is 0.210 e. The minimum atomic E-state index is -3.49. The lowest BCUT2D eigenvalue weighted by atomic mass is 9.74. The zero-order chi connectivity index (χ0) is 88.3. The quantitative estimate of drug-likeness (QED) is 0.151. The monoisotopic (exact) mass is 1680 g/mol. The summed E-state index contributed by atoms with van der Waals surface area (Å²) in [7, 11) is 2.84. The third-order valence-electron chi connectivity index (χ3n) is 24.1. The van der Waals surface area contributed by atoms with Gasteiger partial charge in [-0.05, 0) is 215 Å². The Morgan fingerprint density at radius 3 is 0.945 bits per heavy atom. The van der Waals surface area contributed by atoms with Gasteiger partial charge in [0.25, 0.3) is 0 Å². The van der Waals surface area contributed by atoms with E-state index in [1.165, 1.54) is 150 Å². The van der Waals surface area contributed by atoms with Crippen molar-refractivity contribution in [3.05, 3.63) is 494 Å². The summed E-state index contributed by atoms with van der Waals surface area (Å²) in [6.45, 7) is 13.0. The molecule has 128 heavy (non-hydrogen) atoms. The van der Waals surface area contributed by atoms with E-state index in [4.69, 9.17) is 0 Å². The first-order valence-corrected chi connectivity index (χ1v) is 45.0. The van der Waals surface area contributed by atoms with Crippen LogP contribution in [0.5, 0.6) is 0 Å². The molecule has 5 heterocycles. The predicted octanol–water partition coefficient (Wildman–Crippen LogP) is 31.1. The summed E-state index contributed by atoms with van der Waals surface area (Å²) in [4.78, 5) is 9.42. The fourth-order valence-electron chi connectivity index (χ4n) is 17.5. The number of benzene rings is 18. The number of rotatable bonds is 8. The number of aromatic nitrogens is 3. The van der Waals surface area contributed by atoms with Gasteiger partial charge in [-0.3, -0.25) is 0 Å². The smallest absolute Gasteiger partial charge is 0.210 e. The highest BCUT2D eigenvalue weighted by Gasteiger charge is 2.36. The molecule has 0 saturated carbocycles. The lowest BCUT2D eigenvalue weighted by Gasteiger charge is -2.40. The normalized spacial score (nSPS) is 12.3. The third-order valence-corrected chi connectivity index (χ3v) is 26.0. The molecule has 9 nitrogen and oxygen atoms in total. The molecule has 0 fully saturated rings. The van der Waals surface area contributed by atoms with Crippen LogP contribution in [0.3, 0.4) is 0 Å². The van der Waals surface area contributed by atoms with E-state index in [9.17, 15) is 8.42 Å². The average molecular weight is 1680 g/mol. The summed E-state index contributed by atoms with van der Waals surface area (Å²) < 4.78 is 32.7. The van der Waals surface area contributed by atoms with Gasteiger partial charge in [0, 0.05) is 127 Å². The molecule has 18 aromatic carbocycles. The van der Waals surface area contributed by atoms with Crippen molar-refractivity contribution in [1.29, 1.82) is 0 Å². The minimum absolute atomic E-state index is 0.0830. The molecule has 0 radical (unpaired) electrons. The van der Waals surface area contributed by atoms with Gasteiger partial charge in [-0.25, -0.2) is 8.42 Å². The third kappa shape index (κ3) is 17.6. The second-order valence-corrected chi connectivity index (χ2v) is 34.8. The molecule has 21 aromatic rings. The Kier molecular flexibility index (Phi) is 25.1. The van der Waals surface area contributed by atoms with Crippen LogP contribution in [-0.4, -0.2) is 36.2 Å². The van der Waals surface area contributed by atoms with Crippen molar-refractivity contribution in [2.45, 2.75) is 56.7 Å². The number of hydrogen-bond acceptors (Lipinski definition) is 6. The Balaban J connectivity index is 0.000000106. The molecule has 0 amide bonds. The van der Waals surface area contributed by atoms with Crippen molar-refractivity contribution in [2.75, 3.05) is 33.7 Å². The van der Waals surface area contributed by atoms with Crippen molar-refractivity contribution in [3.63, 3.8) is 0 Å². The highest BCUT2D eigenvalue weighted by Crippen LogP contribution is 2.50. The van der Waals surface area contributed by atoms with Gasteiger partial charge in [-0.2, -0.15) is 0 Å². The fraction of sp³-hybridized carbons (Fsp3) is 0.0847. The Hall–Kier alpha value is -15.5. The van der Waals surface area contributed by atoms with Crippen LogP contribution in [0.4, 0.5) is 56.9 Å². The largest absolute Gasteiger partial charge is 0.345 e. The van der Waals surface area contributed by atoms with Crippen LogP contribution in [0.15, 0.2) is 471 Å². The van der Waals surface area contributed by atoms with Crippen LogP contribution >= 0.6 is 0 Å². The van der Waals surface area contributed by atoms with Crippen LogP contribution in [0, 0.1) is 27.7 Å². The van der Waals surface area contributed by atoms with E-state index in [0.717, 1.165) is 5.69 Å². The molecule has 0 aliphatic carbocycles. The summed E-state index contributed by atoms with van der Waals surface area (Å²) in [6, 6.07) is 159. The number of para-hydroxylation sites is 14. The van der Waals surface area contributed by atoms with Gasteiger partial charge in [-0.15, -0.1) is 0 Å². The maximum absolute atomic E-state index is 12.9. The van der Waals surface area contributed by atoms with E-state index < -0.39 is 9.84 Å². The highest BCUT2D eigenvalue weighted by molar-refractivity contribution is 7.92. The number of fused-ring (bicyclic) bond motifs is 13. The molecule has 23 rings (SSSR count). The van der Waals surface area contributed by atoms with Gasteiger partial charge in [0.05, 0.1) is 43.2 Å². The molecule has 0 atom stereocenters. The molecule has 3 aromatic heterocycles. The number of aryl methyl sites for hydroxylation is 5. The highest BCUT2D eigenvalue weighted by atomic mass is 32.2. The second kappa shape index (κ2) is 37.9. The van der Waals surface area contributed by atoms with Crippen molar-refractivity contribution < 1.29 is 8.42 Å². The lowest BCUT2D eigenvalue weighted by molar-refractivity contribution is 0.595. The zero-order valence-corrected chi connectivity index (χ0v) is 74.6. The van der Waals surface area contributed by atoms with Crippen LogP contribution in [0.25, 0.3) is 76.8 Å². The van der Waals surface area contributed by atoms with Gasteiger partial charge in [0.15, 0.2) is 0 Å². The van der Waals surface area contributed by atoms with Crippen molar-refractivity contribution in [1.82, 2.24) is 13.7 Å². The molecule has 0 saturated heterocycles. The van der Waals surface area contributed by atoms with Crippen LogP contribution in [0.1, 0.15) is 47.2 Å². The molecule has 2 aliphatic heterocycles. The SMILES string of the molecule is CN(c1ccccc1)c1ccccc1.CN1c2ccccc2C(C)(C)c2ccccc21.Cc1ccc(-n2c3ccccc3c3ccccc32)cc1.Cc1ccc(N(c2ccccc2)c2ccccc2)cc1.Cc1ccc(N2c3ccccc3S(=O)(=O)c3ccccc32)cc1.Cc1ccc2c(c1)c1ccccc1n2-c1ccccc1.Cn1c2ccccc2c2ccccc21. The first-order chi connectivity index (χ1) is 62.5. The van der Waals surface area contributed by atoms with Crippen molar-refractivity contribution >= 4 is 132 Å². The van der Waals surface area contributed by atoms with Gasteiger partial charge < -0.3 is 33.3 Å². The van der Waals surface area contributed by atoms with E-state index in [-0.39, 0.29) is 5.41 Å². The Labute approximate surface area is 752 Å². The van der Waals surface area contributed by atoms with E-state index in [0.29, 0.717) is 21.2 Å². The minimum Gasteiger partial charge on any atom is -0.345 e. The van der Waals surface area contributed by atoms with Crippen LogP contribution in [-0.2, 0) is 22.3 Å². The molecule has 0 spiro atoms. The topological polar surface area (TPSA) is 61.9 Å². The molecule has 0 N–H and O–H groups in total. The van der Waals surface area contributed by atoms with Gasteiger partial charge >= 0.3 is 0 Å². The summed E-state index contributed by atoms with van der Waals surface area (Å²) in [5.41, 5.74) is 28.9. The number of nitrogens with zero attached hydrogens (tertiary/aromatic N) is 7. The van der Waals surface area contributed by atoms with Crippen molar-refractivity contribution in [3.8, 4) is 11.4 Å². The summed E-state index contributed by atoms with van der Waals surface area (Å²) in [6.07, 6.45) is 0. The molecule has 0 unspecified atom stereocenters. The van der Waals surface area contributed by atoms with Crippen LogP contribution < -0.4 is 19.6 Å². The fourth-order valence-corrected chi connectivity index (χ4v) is 19.1. The Bertz CT molecular complexity index is 7210. The number of sulfone groups is 1. The van der Waals surface area contributed by atoms with Gasteiger partial charge in [0.2, 0.25) is 9.84 Å². The van der Waals surface area contributed by atoms with Crippen LogP contribution in [0.2, 0.25) is 0 Å². The number of anilines is 10. The molecule has 2 aliphatic rings. The van der Waals surface area contributed by atoms with E-state index in [2.05, 4.69) is 448 Å². The van der Waals surface area contributed by atoms with E-state index in [1.54, 1.807) is 24.3 Å². The van der Waals surface area contributed by atoms with Gasteiger partial charge in [-0.1, -0.05) is 321 Å². The number of hydrogen-bond donors (Lipinski definition) is 0. The van der Waals surface area contributed by atoms with E-state index in [1.807, 2.05) is 84.6 Å². The predicted molar refractivity (Wildman–Crippen MR) is 543 cm³/mol. The Morgan fingerprint density at radius 1 is 0.250 bits per heavy atom. The first-order valence-electron chi connectivity index (χ1n) is 43.6. The molecule has 628 valence electrons. The molecule has 10 heteroatoms. The lowest BCUT2D eigenvalue weighted by Crippen LogP contribution is -2.30. The van der Waals surface area contributed by atoms with Crippen molar-refractivity contribution in [2.24, 2.45) is 7.05 Å². The first kappa shape index (κ1) is 84.7. The van der Waals surface area contributed by atoms with Gasteiger partial charge in [0.1, 0.15) is 0 Å². The molecule has 0 bridgehead atoms. The summed E-state index contributed by atoms with van der Waals surface area (Å²) >= 11 is 0. The average Bonchev–Trinajstić information content (AvgIpc) is 1.10. The Morgan fingerprint density at radius 2 is 0.531 bits per heavy atom. The molecular formula is C118H103N7O2S. The van der Waals surface area contributed by atoms with E-state index >= 15 is 0 Å². The second-order valence-electron chi connectivity index (χ2n) is 32.9. The molecular weight excluding hydrogens is 1580 g/mol.